The molecule has 0 bridgehead atoms. The highest BCUT2D eigenvalue weighted by Gasteiger charge is 2.15. The molecular formula is C15H16N2O3. The highest BCUT2D eigenvalue weighted by atomic mass is 16.3. The summed E-state index contributed by atoms with van der Waals surface area (Å²) in [6, 6.07) is 12.1. The Morgan fingerprint density at radius 3 is 2.60 bits per heavy atom. The number of aromatic amines is 1. The minimum atomic E-state index is -0.484. The zero-order chi connectivity index (χ0) is 14.4. The fourth-order valence-corrected chi connectivity index (χ4v) is 1.92. The zero-order valence-electron chi connectivity index (χ0n) is 10.9. The van der Waals surface area contributed by atoms with Gasteiger partial charge in [-0.05, 0) is 24.1 Å². The Labute approximate surface area is 116 Å². The lowest BCUT2D eigenvalue weighted by Gasteiger charge is -2.16. The number of hydrogen-bond donors (Lipinski definition) is 3. The summed E-state index contributed by atoms with van der Waals surface area (Å²) in [5.41, 5.74) is 0.606. The average molecular weight is 272 g/mol. The van der Waals surface area contributed by atoms with Crippen molar-refractivity contribution in [3.05, 3.63) is 70.1 Å². The number of rotatable bonds is 5. The van der Waals surface area contributed by atoms with E-state index in [4.69, 9.17) is 0 Å². The Morgan fingerprint density at radius 2 is 1.95 bits per heavy atom. The number of aliphatic hydroxyl groups excluding tert-OH is 1. The summed E-state index contributed by atoms with van der Waals surface area (Å²) in [6.45, 7) is -0.189. The van der Waals surface area contributed by atoms with Crippen LogP contribution in [-0.2, 0) is 6.42 Å². The molecule has 1 amide bonds. The average Bonchev–Trinajstić information content (AvgIpc) is 2.48. The van der Waals surface area contributed by atoms with Crippen molar-refractivity contribution in [2.24, 2.45) is 0 Å². The number of pyridine rings is 1. The summed E-state index contributed by atoms with van der Waals surface area (Å²) in [6.07, 6.45) is 1.97. The molecule has 1 atom stereocenters. The summed E-state index contributed by atoms with van der Waals surface area (Å²) in [4.78, 5) is 25.9. The molecule has 1 aromatic carbocycles. The molecule has 0 aliphatic heterocycles. The summed E-state index contributed by atoms with van der Waals surface area (Å²) >= 11 is 0. The Morgan fingerprint density at radius 1 is 1.20 bits per heavy atom. The molecule has 1 aromatic heterocycles. The van der Waals surface area contributed by atoms with Gasteiger partial charge in [0.15, 0.2) is 0 Å². The van der Waals surface area contributed by atoms with Gasteiger partial charge in [0.2, 0.25) is 0 Å². The topological polar surface area (TPSA) is 82.2 Å². The summed E-state index contributed by atoms with van der Waals surface area (Å²) in [5, 5.41) is 12.0. The van der Waals surface area contributed by atoms with Crippen LogP contribution in [0.25, 0.3) is 0 Å². The molecule has 2 aromatic rings. The van der Waals surface area contributed by atoms with Gasteiger partial charge in [-0.1, -0.05) is 30.3 Å². The minimum absolute atomic E-state index is 0.0408. The van der Waals surface area contributed by atoms with E-state index in [0.29, 0.717) is 6.42 Å². The molecule has 0 saturated carbocycles. The second-order valence-corrected chi connectivity index (χ2v) is 4.46. The standard InChI is InChI=1S/C15H16N2O3/c18-10-12(9-11-5-2-1-3-6-11)17-15(20)13-7-4-8-16-14(13)19/h1-8,12,18H,9-10H2,(H,16,19)(H,17,20). The molecule has 0 saturated heterocycles. The summed E-state index contributed by atoms with van der Waals surface area (Å²) < 4.78 is 0. The van der Waals surface area contributed by atoms with Gasteiger partial charge in [-0.25, -0.2) is 0 Å². The number of benzene rings is 1. The highest BCUT2D eigenvalue weighted by Crippen LogP contribution is 2.03. The molecule has 104 valence electrons. The third-order valence-corrected chi connectivity index (χ3v) is 2.94. The quantitative estimate of drug-likeness (QED) is 0.749. The number of aromatic nitrogens is 1. The van der Waals surface area contributed by atoms with E-state index in [1.165, 1.54) is 12.3 Å². The van der Waals surface area contributed by atoms with E-state index < -0.39 is 17.5 Å². The monoisotopic (exact) mass is 272 g/mol. The predicted octanol–water partition coefficient (Wildman–Crippen LogP) is 0.708. The molecule has 3 N–H and O–H groups in total. The van der Waals surface area contributed by atoms with Crippen LogP contribution in [0.5, 0.6) is 0 Å². The number of carbonyl (C=O) groups excluding carboxylic acids is 1. The van der Waals surface area contributed by atoms with Crippen molar-refractivity contribution >= 4 is 5.91 Å². The maximum absolute atomic E-state index is 12.0. The van der Waals surface area contributed by atoms with Crippen molar-refractivity contribution in [1.29, 1.82) is 0 Å². The third kappa shape index (κ3) is 3.55. The number of carbonyl (C=O) groups is 1. The summed E-state index contributed by atoms with van der Waals surface area (Å²) in [7, 11) is 0. The lowest BCUT2D eigenvalue weighted by atomic mass is 10.1. The normalized spacial score (nSPS) is 11.8. The third-order valence-electron chi connectivity index (χ3n) is 2.94. The van der Waals surface area contributed by atoms with Gasteiger partial charge in [0, 0.05) is 6.20 Å². The van der Waals surface area contributed by atoms with E-state index in [-0.39, 0.29) is 12.2 Å². The van der Waals surface area contributed by atoms with Gasteiger partial charge < -0.3 is 15.4 Å². The van der Waals surface area contributed by atoms with Gasteiger partial charge in [0.25, 0.3) is 11.5 Å². The first kappa shape index (κ1) is 14.0. The smallest absolute Gasteiger partial charge is 0.260 e. The molecule has 0 aliphatic carbocycles. The van der Waals surface area contributed by atoms with Crippen LogP contribution in [0.15, 0.2) is 53.5 Å². The first-order chi connectivity index (χ1) is 9.70. The molecule has 2 rings (SSSR count). The van der Waals surface area contributed by atoms with Crippen molar-refractivity contribution in [2.75, 3.05) is 6.61 Å². The molecule has 5 nitrogen and oxygen atoms in total. The summed E-state index contributed by atoms with van der Waals surface area (Å²) in [5.74, 6) is -0.484. The largest absolute Gasteiger partial charge is 0.394 e. The molecular weight excluding hydrogens is 256 g/mol. The maximum Gasteiger partial charge on any atom is 0.260 e. The number of hydrogen-bond acceptors (Lipinski definition) is 3. The van der Waals surface area contributed by atoms with Crippen molar-refractivity contribution < 1.29 is 9.90 Å². The van der Waals surface area contributed by atoms with Gasteiger partial charge >= 0.3 is 0 Å². The van der Waals surface area contributed by atoms with Gasteiger partial charge in [0.05, 0.1) is 12.6 Å². The van der Waals surface area contributed by atoms with Crippen LogP contribution in [0, 0.1) is 0 Å². The first-order valence-electron chi connectivity index (χ1n) is 6.34. The maximum atomic E-state index is 12.0. The molecule has 1 unspecified atom stereocenters. The SMILES string of the molecule is O=C(NC(CO)Cc1ccccc1)c1ccc[nH]c1=O. The lowest BCUT2D eigenvalue weighted by Crippen LogP contribution is -2.41. The molecule has 0 aliphatic rings. The van der Waals surface area contributed by atoms with Gasteiger partial charge in [-0.15, -0.1) is 0 Å². The molecule has 0 fully saturated rings. The fraction of sp³-hybridized carbons (Fsp3) is 0.200. The van der Waals surface area contributed by atoms with Crippen LogP contribution in [0.4, 0.5) is 0 Å². The van der Waals surface area contributed by atoms with Crippen molar-refractivity contribution in [3.63, 3.8) is 0 Å². The fourth-order valence-electron chi connectivity index (χ4n) is 1.92. The molecule has 20 heavy (non-hydrogen) atoms. The Hall–Kier alpha value is -2.40. The van der Waals surface area contributed by atoms with E-state index in [2.05, 4.69) is 10.3 Å². The van der Waals surface area contributed by atoms with Crippen LogP contribution < -0.4 is 10.9 Å². The molecule has 0 spiro atoms. The molecule has 1 heterocycles. The van der Waals surface area contributed by atoms with E-state index in [9.17, 15) is 14.7 Å². The van der Waals surface area contributed by atoms with Gasteiger partial charge in [0.1, 0.15) is 5.56 Å². The molecule has 5 heteroatoms. The van der Waals surface area contributed by atoms with Crippen molar-refractivity contribution in [3.8, 4) is 0 Å². The lowest BCUT2D eigenvalue weighted by molar-refractivity contribution is 0.0915. The van der Waals surface area contributed by atoms with E-state index >= 15 is 0 Å². The number of nitrogens with one attached hydrogen (secondary N) is 2. The van der Waals surface area contributed by atoms with Crippen molar-refractivity contribution in [1.82, 2.24) is 10.3 Å². The number of amides is 1. The van der Waals surface area contributed by atoms with Crippen LogP contribution in [0.1, 0.15) is 15.9 Å². The zero-order valence-corrected chi connectivity index (χ0v) is 10.9. The highest BCUT2D eigenvalue weighted by molar-refractivity contribution is 5.93. The second kappa shape index (κ2) is 6.68. The Bertz CT molecular complexity index is 622. The van der Waals surface area contributed by atoms with Gasteiger partial charge in [-0.2, -0.15) is 0 Å². The van der Waals surface area contributed by atoms with E-state index in [0.717, 1.165) is 5.56 Å². The van der Waals surface area contributed by atoms with E-state index in [1.54, 1.807) is 6.07 Å². The van der Waals surface area contributed by atoms with Gasteiger partial charge in [-0.3, -0.25) is 9.59 Å². The van der Waals surface area contributed by atoms with Crippen LogP contribution in [-0.4, -0.2) is 28.6 Å². The molecule has 0 radical (unpaired) electrons. The van der Waals surface area contributed by atoms with Crippen molar-refractivity contribution in [2.45, 2.75) is 12.5 Å². The Kier molecular flexibility index (Phi) is 4.68. The van der Waals surface area contributed by atoms with E-state index in [1.807, 2.05) is 30.3 Å². The minimum Gasteiger partial charge on any atom is -0.394 e. The van der Waals surface area contributed by atoms with Crippen LogP contribution in [0.3, 0.4) is 0 Å². The first-order valence-corrected chi connectivity index (χ1v) is 6.34. The van der Waals surface area contributed by atoms with Crippen LogP contribution >= 0.6 is 0 Å². The van der Waals surface area contributed by atoms with Crippen LogP contribution in [0.2, 0.25) is 0 Å². The second-order valence-electron chi connectivity index (χ2n) is 4.46. The Balaban J connectivity index is 2.05. The predicted molar refractivity (Wildman–Crippen MR) is 75.5 cm³/mol. The number of H-pyrrole nitrogens is 1. The number of aliphatic hydroxyl groups is 1.